The van der Waals surface area contributed by atoms with Crippen LogP contribution in [0, 0.1) is 5.82 Å². The number of rotatable bonds is 3. The lowest BCUT2D eigenvalue weighted by molar-refractivity contribution is -0.132. The van der Waals surface area contributed by atoms with Crippen LogP contribution in [0.1, 0.15) is 47.8 Å². The highest BCUT2D eigenvalue weighted by Crippen LogP contribution is 2.62. The van der Waals surface area contributed by atoms with Crippen LogP contribution in [0.4, 0.5) is 23.2 Å². The minimum absolute atomic E-state index is 0.0310. The molecule has 2 fully saturated rings. The lowest BCUT2D eigenvalue weighted by Gasteiger charge is -2.19. The molecule has 6 rings (SSSR count). The third-order valence-corrected chi connectivity index (χ3v) is 6.79. The van der Waals surface area contributed by atoms with Crippen LogP contribution in [0.3, 0.4) is 0 Å². The molecule has 0 bridgehead atoms. The standard InChI is InChI=1S/C21H15ClF4N4O/c22-15-8-13(18-27-5-6-30(18)28-15)12-7-11(12)10-1-2-14-16(17(10)23)20(3-4-20)19(31)29(14)9-21(24,25)26/h1-2,5-6,8,11-12H,3-4,7,9H2/t11-,12+/m1/s1. The number of aromatic nitrogens is 3. The molecule has 1 aromatic carbocycles. The molecule has 3 heterocycles. The maximum atomic E-state index is 15.7. The number of alkyl halides is 3. The number of amides is 1. The van der Waals surface area contributed by atoms with Gasteiger partial charge in [-0.25, -0.2) is 13.9 Å². The predicted molar refractivity (Wildman–Crippen MR) is 104 cm³/mol. The molecule has 2 saturated carbocycles. The summed E-state index contributed by atoms with van der Waals surface area (Å²) in [7, 11) is 0. The van der Waals surface area contributed by atoms with E-state index in [1.54, 1.807) is 23.0 Å². The second-order valence-electron chi connectivity index (χ2n) is 8.52. The van der Waals surface area contributed by atoms with E-state index in [2.05, 4.69) is 10.1 Å². The van der Waals surface area contributed by atoms with E-state index >= 15 is 4.39 Å². The van der Waals surface area contributed by atoms with Crippen LogP contribution in [0.25, 0.3) is 5.65 Å². The van der Waals surface area contributed by atoms with Gasteiger partial charge in [-0.3, -0.25) is 4.79 Å². The SMILES string of the molecule is O=C1N(CC(F)(F)F)c2ccc([C@H]3C[C@@H]3c3cc(Cl)nn4ccnc34)c(F)c2C12CC2. The number of carbonyl (C=O) groups is 1. The fourth-order valence-corrected chi connectivity index (χ4v) is 5.21. The molecular weight excluding hydrogens is 436 g/mol. The van der Waals surface area contributed by atoms with Crippen LogP contribution in [0.2, 0.25) is 5.15 Å². The molecule has 1 amide bonds. The Kier molecular flexibility index (Phi) is 3.66. The molecule has 10 heteroatoms. The van der Waals surface area contributed by atoms with Gasteiger partial charge >= 0.3 is 6.18 Å². The average molecular weight is 451 g/mol. The zero-order valence-electron chi connectivity index (χ0n) is 16.0. The number of fused-ring (bicyclic) bond motifs is 3. The van der Waals surface area contributed by atoms with Gasteiger partial charge in [0.25, 0.3) is 0 Å². The number of anilines is 1. The van der Waals surface area contributed by atoms with Crippen molar-refractivity contribution < 1.29 is 22.4 Å². The fourth-order valence-electron chi connectivity index (χ4n) is 5.01. The summed E-state index contributed by atoms with van der Waals surface area (Å²) in [5.74, 6) is -1.40. The Bertz CT molecular complexity index is 1270. The van der Waals surface area contributed by atoms with E-state index in [0.717, 1.165) is 5.56 Å². The van der Waals surface area contributed by atoms with Gasteiger partial charge in [-0.15, -0.1) is 0 Å². The molecule has 2 atom stereocenters. The van der Waals surface area contributed by atoms with Gasteiger partial charge in [-0.05, 0) is 48.8 Å². The van der Waals surface area contributed by atoms with Crippen molar-refractivity contribution in [1.29, 1.82) is 0 Å². The van der Waals surface area contributed by atoms with E-state index < -0.39 is 29.9 Å². The zero-order valence-corrected chi connectivity index (χ0v) is 16.7. The van der Waals surface area contributed by atoms with Gasteiger partial charge in [0.15, 0.2) is 5.65 Å². The van der Waals surface area contributed by atoms with Crippen LogP contribution < -0.4 is 4.90 Å². The Morgan fingerprint density at radius 2 is 1.94 bits per heavy atom. The third-order valence-electron chi connectivity index (χ3n) is 6.61. The summed E-state index contributed by atoms with van der Waals surface area (Å²) in [6.45, 7) is -1.40. The van der Waals surface area contributed by atoms with E-state index in [-0.39, 0.29) is 23.1 Å². The number of nitrogens with zero attached hydrogens (tertiary/aromatic N) is 4. The molecule has 2 aromatic heterocycles. The van der Waals surface area contributed by atoms with Crippen molar-refractivity contribution in [3.63, 3.8) is 0 Å². The first-order chi connectivity index (χ1) is 14.7. The quantitative estimate of drug-likeness (QED) is 0.542. The maximum absolute atomic E-state index is 15.7. The van der Waals surface area contributed by atoms with Crippen LogP contribution in [0.5, 0.6) is 0 Å². The first kappa shape index (κ1) is 19.0. The van der Waals surface area contributed by atoms with Crippen LogP contribution in [0.15, 0.2) is 30.6 Å². The number of halogens is 5. The smallest absolute Gasteiger partial charge is 0.302 e. The predicted octanol–water partition coefficient (Wildman–Crippen LogP) is 4.73. The molecule has 0 unspecified atom stereocenters. The summed E-state index contributed by atoms with van der Waals surface area (Å²) < 4.78 is 56.3. The summed E-state index contributed by atoms with van der Waals surface area (Å²) in [6, 6.07) is 4.70. The van der Waals surface area contributed by atoms with Crippen molar-refractivity contribution in [3.05, 3.63) is 58.3 Å². The molecule has 0 radical (unpaired) electrons. The summed E-state index contributed by atoms with van der Waals surface area (Å²) in [6.07, 6.45) is 0.127. The summed E-state index contributed by atoms with van der Waals surface area (Å²) in [5.41, 5.74) is 0.954. The number of carbonyl (C=O) groups excluding carboxylic acids is 1. The summed E-state index contributed by atoms with van der Waals surface area (Å²) >= 11 is 6.12. The normalized spacial score (nSPS) is 23.6. The Morgan fingerprint density at radius 1 is 1.19 bits per heavy atom. The molecule has 0 saturated heterocycles. The van der Waals surface area contributed by atoms with E-state index in [9.17, 15) is 18.0 Å². The van der Waals surface area contributed by atoms with Gasteiger partial charge in [0, 0.05) is 23.5 Å². The Morgan fingerprint density at radius 3 is 2.65 bits per heavy atom. The van der Waals surface area contributed by atoms with E-state index in [4.69, 9.17) is 11.6 Å². The Balaban J connectivity index is 1.40. The molecule has 3 aromatic rings. The molecule has 31 heavy (non-hydrogen) atoms. The van der Waals surface area contributed by atoms with Gasteiger partial charge in [-0.1, -0.05) is 17.7 Å². The Labute approximate surface area is 178 Å². The van der Waals surface area contributed by atoms with Crippen molar-refractivity contribution in [1.82, 2.24) is 14.6 Å². The molecule has 160 valence electrons. The third kappa shape index (κ3) is 2.71. The van der Waals surface area contributed by atoms with Crippen LogP contribution in [-0.2, 0) is 10.2 Å². The highest BCUT2D eigenvalue weighted by molar-refractivity contribution is 6.29. The molecule has 5 nitrogen and oxygen atoms in total. The van der Waals surface area contributed by atoms with Gasteiger partial charge in [0.2, 0.25) is 5.91 Å². The minimum atomic E-state index is -4.56. The lowest BCUT2D eigenvalue weighted by atomic mass is 9.93. The van der Waals surface area contributed by atoms with Gasteiger partial charge in [0.05, 0.1) is 11.1 Å². The number of benzene rings is 1. The maximum Gasteiger partial charge on any atom is 0.406 e. The lowest BCUT2D eigenvalue weighted by Crippen LogP contribution is -2.39. The highest BCUT2D eigenvalue weighted by Gasteiger charge is 2.62. The van der Waals surface area contributed by atoms with E-state index in [1.807, 2.05) is 0 Å². The minimum Gasteiger partial charge on any atom is -0.302 e. The van der Waals surface area contributed by atoms with Gasteiger partial charge in [-0.2, -0.15) is 18.3 Å². The van der Waals surface area contributed by atoms with Crippen molar-refractivity contribution in [2.45, 2.75) is 42.7 Å². The molecular formula is C21H15ClF4N4O. The Hall–Kier alpha value is -2.68. The molecule has 1 spiro atoms. The second kappa shape index (κ2) is 5.97. The largest absolute Gasteiger partial charge is 0.406 e. The second-order valence-corrected chi connectivity index (χ2v) is 8.91. The number of hydrogen-bond acceptors (Lipinski definition) is 3. The molecule has 2 aliphatic carbocycles. The van der Waals surface area contributed by atoms with Crippen LogP contribution in [-0.4, -0.2) is 33.2 Å². The highest BCUT2D eigenvalue weighted by atomic mass is 35.5. The topological polar surface area (TPSA) is 50.5 Å². The van der Waals surface area contributed by atoms with Crippen molar-refractivity contribution in [3.8, 4) is 0 Å². The van der Waals surface area contributed by atoms with E-state index in [0.29, 0.717) is 40.5 Å². The average Bonchev–Trinajstić information content (AvgIpc) is 3.59. The van der Waals surface area contributed by atoms with Crippen molar-refractivity contribution in [2.24, 2.45) is 0 Å². The van der Waals surface area contributed by atoms with Gasteiger partial charge < -0.3 is 4.90 Å². The summed E-state index contributed by atoms with van der Waals surface area (Å²) in [4.78, 5) is 17.7. The monoisotopic (exact) mass is 450 g/mol. The van der Waals surface area contributed by atoms with E-state index in [1.165, 1.54) is 12.1 Å². The molecule has 1 aliphatic heterocycles. The first-order valence-corrected chi connectivity index (χ1v) is 10.3. The van der Waals surface area contributed by atoms with Gasteiger partial charge in [0.1, 0.15) is 17.5 Å². The van der Waals surface area contributed by atoms with Crippen molar-refractivity contribution in [2.75, 3.05) is 11.4 Å². The number of hydrogen-bond donors (Lipinski definition) is 0. The fraction of sp³-hybridized carbons (Fsp3) is 0.381. The molecule has 0 N–H and O–H groups in total. The van der Waals surface area contributed by atoms with Crippen molar-refractivity contribution >= 4 is 28.8 Å². The zero-order chi connectivity index (χ0) is 21.7. The van der Waals surface area contributed by atoms with Crippen LogP contribution >= 0.6 is 11.6 Å². The summed E-state index contributed by atoms with van der Waals surface area (Å²) in [5, 5.41) is 4.45. The molecule has 3 aliphatic rings. The number of imidazole rings is 1. The first-order valence-electron chi connectivity index (χ1n) is 9.91.